The fraction of sp³-hybridized carbons (Fsp3) is 0.226. The van der Waals surface area contributed by atoms with Crippen LogP contribution in [0.25, 0.3) is 60.7 Å². The van der Waals surface area contributed by atoms with Crippen LogP contribution in [0.2, 0.25) is 0 Å². The van der Waals surface area contributed by atoms with E-state index in [1.807, 2.05) is 35.8 Å². The molecule has 0 N–H and O–H groups in total. The Morgan fingerprint density at radius 1 is 0.821 bits per heavy atom. The van der Waals surface area contributed by atoms with Crippen LogP contribution in [0, 0.1) is 6.92 Å². The predicted molar refractivity (Wildman–Crippen MR) is 156 cm³/mol. The molecule has 0 bridgehead atoms. The van der Waals surface area contributed by atoms with Crippen molar-refractivity contribution in [2.45, 2.75) is 33.4 Å². The van der Waals surface area contributed by atoms with Crippen LogP contribution < -0.4 is 5.56 Å². The zero-order valence-electron chi connectivity index (χ0n) is 22.2. The van der Waals surface area contributed by atoms with Gasteiger partial charge < -0.3 is 9.30 Å². The summed E-state index contributed by atoms with van der Waals surface area (Å²) < 4.78 is 11.3. The first kappa shape index (κ1) is 23.5. The highest BCUT2D eigenvalue weighted by molar-refractivity contribution is 6.10. The van der Waals surface area contributed by atoms with Crippen LogP contribution in [0.3, 0.4) is 0 Å². The third-order valence-corrected chi connectivity index (χ3v) is 7.61. The van der Waals surface area contributed by atoms with Crippen LogP contribution in [-0.2, 0) is 17.8 Å². The molecule has 4 aromatic heterocycles. The van der Waals surface area contributed by atoms with Gasteiger partial charge in [-0.3, -0.25) is 13.9 Å². The molecule has 3 aromatic carbocycles. The Labute approximate surface area is 224 Å². The fourth-order valence-electron chi connectivity index (χ4n) is 5.83. The van der Waals surface area contributed by atoms with E-state index in [1.165, 1.54) is 16.4 Å². The van der Waals surface area contributed by atoms with Crippen molar-refractivity contribution in [2.75, 3.05) is 13.7 Å². The largest absolute Gasteiger partial charge is 0.385 e. The van der Waals surface area contributed by atoms with Crippen molar-refractivity contribution in [3.05, 3.63) is 82.9 Å². The maximum absolute atomic E-state index is 14.0. The lowest BCUT2D eigenvalue weighted by Crippen LogP contribution is -2.24. The van der Waals surface area contributed by atoms with Gasteiger partial charge in [0.05, 0.1) is 11.0 Å². The number of rotatable bonds is 6. The second-order valence-corrected chi connectivity index (χ2v) is 9.84. The third kappa shape index (κ3) is 3.48. The fourth-order valence-corrected chi connectivity index (χ4v) is 5.83. The molecule has 0 aliphatic carbocycles. The summed E-state index contributed by atoms with van der Waals surface area (Å²) in [6.45, 7) is 6.02. The van der Waals surface area contributed by atoms with E-state index >= 15 is 0 Å². The molecule has 0 aliphatic heterocycles. The van der Waals surface area contributed by atoms with E-state index in [1.54, 1.807) is 11.7 Å². The first-order valence-corrected chi connectivity index (χ1v) is 13.3. The van der Waals surface area contributed by atoms with E-state index in [0.717, 1.165) is 35.1 Å². The molecule has 0 atom stereocenters. The molecule has 0 radical (unpaired) electrons. The standard InChI is InChI=1S/C31H28N6O2/c1-4-35-25-13-8-5-10-21(25)22-18-20(14-15-26(22)35)37-29-27(31(38)36(19(2)32-29)16-9-17-39-3)28-30(37)34-24-12-7-6-11-23(24)33-28/h5-8,10-15,18H,4,9,16-17H2,1-3H3. The zero-order valence-corrected chi connectivity index (χ0v) is 22.2. The van der Waals surface area contributed by atoms with Gasteiger partial charge in [-0.1, -0.05) is 30.3 Å². The minimum atomic E-state index is -0.106. The first-order valence-electron chi connectivity index (χ1n) is 13.3. The lowest BCUT2D eigenvalue weighted by Gasteiger charge is -2.11. The molecule has 0 aliphatic rings. The van der Waals surface area contributed by atoms with Gasteiger partial charge in [-0.25, -0.2) is 15.0 Å². The highest BCUT2D eigenvalue weighted by Crippen LogP contribution is 2.34. The van der Waals surface area contributed by atoms with Crippen LogP contribution in [0.1, 0.15) is 19.2 Å². The number of hydrogen-bond acceptors (Lipinski definition) is 5. The van der Waals surface area contributed by atoms with Gasteiger partial charge in [0, 0.05) is 54.3 Å². The van der Waals surface area contributed by atoms with E-state index in [2.05, 4.69) is 54.0 Å². The third-order valence-electron chi connectivity index (χ3n) is 7.61. The van der Waals surface area contributed by atoms with Crippen molar-refractivity contribution in [1.29, 1.82) is 0 Å². The van der Waals surface area contributed by atoms with Crippen molar-refractivity contribution in [1.82, 2.24) is 28.7 Å². The average molecular weight is 517 g/mol. The molecule has 8 heteroatoms. The van der Waals surface area contributed by atoms with E-state index in [9.17, 15) is 4.79 Å². The number of aryl methyl sites for hydroxylation is 2. The number of para-hydroxylation sites is 3. The van der Waals surface area contributed by atoms with Gasteiger partial charge in [-0.15, -0.1) is 0 Å². The second-order valence-electron chi connectivity index (χ2n) is 9.84. The summed E-state index contributed by atoms with van der Waals surface area (Å²) in [6.07, 6.45) is 0.718. The SMILES string of the molecule is CCn1c2ccccc2c2cc(-n3c4nc5ccccc5nc4c4c(=O)n(CCCOC)c(C)nc43)ccc21. The lowest BCUT2D eigenvalue weighted by molar-refractivity contribution is 0.189. The molecular formula is C31H28N6O2. The number of aromatic nitrogens is 6. The second kappa shape index (κ2) is 9.03. The van der Waals surface area contributed by atoms with Gasteiger partial charge in [0.1, 0.15) is 16.7 Å². The quantitative estimate of drug-likeness (QED) is 0.263. The summed E-state index contributed by atoms with van der Waals surface area (Å²) in [5.74, 6) is 0.654. The van der Waals surface area contributed by atoms with Gasteiger partial charge in [-0.05, 0) is 56.7 Å². The average Bonchev–Trinajstić information content (AvgIpc) is 3.44. The maximum Gasteiger partial charge on any atom is 0.265 e. The van der Waals surface area contributed by atoms with Crippen molar-refractivity contribution < 1.29 is 4.74 Å². The molecule has 39 heavy (non-hydrogen) atoms. The van der Waals surface area contributed by atoms with Crippen LogP contribution in [-0.4, -0.2) is 42.4 Å². The molecular weight excluding hydrogens is 488 g/mol. The summed E-state index contributed by atoms with van der Waals surface area (Å²) in [5, 5.41) is 2.83. The molecule has 4 heterocycles. The Bertz CT molecular complexity index is 2120. The maximum atomic E-state index is 14.0. The van der Waals surface area contributed by atoms with Crippen LogP contribution in [0.15, 0.2) is 71.5 Å². The monoisotopic (exact) mass is 516 g/mol. The Hall–Kier alpha value is -4.56. The first-order chi connectivity index (χ1) is 19.1. The Morgan fingerprint density at radius 2 is 1.56 bits per heavy atom. The highest BCUT2D eigenvalue weighted by atomic mass is 16.5. The van der Waals surface area contributed by atoms with E-state index in [0.29, 0.717) is 41.2 Å². The summed E-state index contributed by atoms with van der Waals surface area (Å²) in [7, 11) is 1.67. The molecule has 7 rings (SSSR count). The topological polar surface area (TPSA) is 79.8 Å². The number of benzene rings is 3. The van der Waals surface area contributed by atoms with Gasteiger partial charge >= 0.3 is 0 Å². The number of ether oxygens (including phenoxy) is 1. The summed E-state index contributed by atoms with van der Waals surface area (Å²) in [5.41, 5.74) is 6.45. The molecule has 0 unspecified atom stereocenters. The molecule has 0 spiro atoms. The molecule has 0 fully saturated rings. The predicted octanol–water partition coefficient (Wildman–Crippen LogP) is 5.76. The van der Waals surface area contributed by atoms with Gasteiger partial charge in [0.25, 0.3) is 5.56 Å². The van der Waals surface area contributed by atoms with E-state index < -0.39 is 0 Å². The van der Waals surface area contributed by atoms with E-state index in [-0.39, 0.29) is 5.56 Å². The number of fused-ring (bicyclic) bond motifs is 7. The van der Waals surface area contributed by atoms with E-state index in [4.69, 9.17) is 19.7 Å². The molecule has 0 saturated heterocycles. The van der Waals surface area contributed by atoms with Crippen molar-refractivity contribution in [2.24, 2.45) is 0 Å². The van der Waals surface area contributed by atoms with Crippen molar-refractivity contribution in [3.63, 3.8) is 0 Å². The molecule has 194 valence electrons. The minimum absolute atomic E-state index is 0.106. The summed E-state index contributed by atoms with van der Waals surface area (Å²) in [4.78, 5) is 28.9. The summed E-state index contributed by atoms with van der Waals surface area (Å²) in [6, 6.07) is 22.7. The zero-order chi connectivity index (χ0) is 26.7. The van der Waals surface area contributed by atoms with Crippen LogP contribution in [0.5, 0.6) is 0 Å². The number of methoxy groups -OCH3 is 1. The van der Waals surface area contributed by atoms with Gasteiger partial charge in [0.2, 0.25) is 0 Å². The number of hydrogen-bond donors (Lipinski definition) is 0. The smallest absolute Gasteiger partial charge is 0.265 e. The molecule has 7 aromatic rings. The van der Waals surface area contributed by atoms with Gasteiger partial charge in [-0.2, -0.15) is 0 Å². The molecule has 0 saturated carbocycles. The number of nitrogens with zero attached hydrogens (tertiary/aromatic N) is 6. The molecule has 0 amide bonds. The van der Waals surface area contributed by atoms with Crippen LogP contribution >= 0.6 is 0 Å². The van der Waals surface area contributed by atoms with Crippen molar-refractivity contribution >= 4 is 55.0 Å². The molecule has 8 nitrogen and oxygen atoms in total. The normalized spacial score (nSPS) is 12.1. The highest BCUT2D eigenvalue weighted by Gasteiger charge is 2.23. The Kier molecular flexibility index (Phi) is 5.45. The Balaban J connectivity index is 1.59. The Morgan fingerprint density at radius 3 is 2.36 bits per heavy atom. The minimum Gasteiger partial charge on any atom is -0.385 e. The van der Waals surface area contributed by atoms with Crippen molar-refractivity contribution in [3.8, 4) is 5.69 Å². The lowest BCUT2D eigenvalue weighted by atomic mass is 10.1. The van der Waals surface area contributed by atoms with Crippen LogP contribution in [0.4, 0.5) is 0 Å². The summed E-state index contributed by atoms with van der Waals surface area (Å²) >= 11 is 0. The van der Waals surface area contributed by atoms with Gasteiger partial charge in [0.15, 0.2) is 11.3 Å².